The second-order valence-electron chi connectivity index (χ2n) is 7.32. The minimum absolute atomic E-state index is 0. The molecule has 0 atom stereocenters. The van der Waals surface area contributed by atoms with Gasteiger partial charge in [-0.2, -0.15) is 6.08 Å². The fourth-order valence-electron chi connectivity index (χ4n) is 3.51. The SMILES string of the molecule is C(=C(c1ccccc1)P(c1ccccc1)c1ccccc1)c1ccccc1.[C-]1=CCC=C1.[Cl-].[Cl-].[Cl-].[Hf+4]. The third-order valence-electron chi connectivity index (χ3n) is 5.03. The van der Waals surface area contributed by atoms with E-state index in [0.717, 1.165) is 6.42 Å². The zero-order valence-electron chi connectivity index (χ0n) is 19.6. The number of hydrogen-bond donors (Lipinski definition) is 0. The van der Waals surface area contributed by atoms with E-state index in [9.17, 15) is 0 Å². The molecule has 180 valence electrons. The molecule has 0 bridgehead atoms. The summed E-state index contributed by atoms with van der Waals surface area (Å²) in [7, 11) is -0.653. The van der Waals surface area contributed by atoms with Gasteiger partial charge in [-0.05, 0) is 41.0 Å². The second kappa shape index (κ2) is 19.4. The van der Waals surface area contributed by atoms with Crippen molar-refractivity contribution in [1.82, 2.24) is 0 Å². The molecule has 0 saturated carbocycles. The maximum Gasteiger partial charge on any atom is 4.00 e. The van der Waals surface area contributed by atoms with E-state index in [-0.39, 0.29) is 63.1 Å². The quantitative estimate of drug-likeness (QED) is 0.104. The van der Waals surface area contributed by atoms with Gasteiger partial charge in [0.25, 0.3) is 0 Å². The Balaban J connectivity index is 0.00000122. The molecule has 0 spiro atoms. The van der Waals surface area contributed by atoms with Gasteiger partial charge < -0.3 is 37.2 Å². The summed E-state index contributed by atoms with van der Waals surface area (Å²) < 4.78 is 0. The van der Waals surface area contributed by atoms with Crippen molar-refractivity contribution >= 4 is 29.9 Å². The Labute approximate surface area is 254 Å². The second-order valence-corrected chi connectivity index (χ2v) is 9.51. The first kappa shape index (κ1) is 34.3. The molecule has 0 saturated heterocycles. The van der Waals surface area contributed by atoms with Crippen LogP contribution in [0.25, 0.3) is 11.4 Å². The van der Waals surface area contributed by atoms with E-state index in [4.69, 9.17) is 0 Å². The molecule has 0 fully saturated rings. The van der Waals surface area contributed by atoms with Gasteiger partial charge in [-0.3, -0.25) is 6.08 Å². The molecule has 4 aromatic carbocycles. The van der Waals surface area contributed by atoms with Crippen molar-refractivity contribution in [2.24, 2.45) is 0 Å². The zero-order valence-corrected chi connectivity index (χ0v) is 26.4. The van der Waals surface area contributed by atoms with Crippen LogP contribution >= 0.6 is 7.92 Å². The Morgan fingerprint density at radius 1 is 0.611 bits per heavy atom. The van der Waals surface area contributed by atoms with Gasteiger partial charge in [0.2, 0.25) is 0 Å². The van der Waals surface area contributed by atoms with E-state index < -0.39 is 7.92 Å². The zero-order chi connectivity index (χ0) is 21.8. The van der Waals surface area contributed by atoms with Crippen molar-refractivity contribution in [3.05, 3.63) is 157 Å². The van der Waals surface area contributed by atoms with E-state index in [1.165, 1.54) is 27.1 Å². The van der Waals surface area contributed by atoms with E-state index in [1.807, 2.05) is 12.2 Å². The van der Waals surface area contributed by atoms with Crippen molar-refractivity contribution < 1.29 is 63.1 Å². The van der Waals surface area contributed by atoms with Crippen LogP contribution in [-0.4, -0.2) is 0 Å². The molecule has 0 amide bonds. The predicted molar refractivity (Wildman–Crippen MR) is 141 cm³/mol. The minimum atomic E-state index is -0.653. The van der Waals surface area contributed by atoms with Crippen LogP contribution in [0, 0.1) is 6.08 Å². The molecule has 4 aromatic rings. The average Bonchev–Trinajstić information content (AvgIpc) is 3.47. The van der Waals surface area contributed by atoms with Gasteiger partial charge in [0.1, 0.15) is 0 Å². The van der Waals surface area contributed by atoms with Gasteiger partial charge in [-0.25, -0.2) is 12.2 Å². The minimum Gasteiger partial charge on any atom is -1.00 e. The number of allylic oxidation sites excluding steroid dienone is 4. The molecule has 0 aliphatic heterocycles. The maximum atomic E-state index is 2.92. The molecule has 0 N–H and O–H groups in total. The fraction of sp³-hybridized carbons (Fsp3) is 0.0323. The maximum absolute atomic E-state index is 2.92. The Kier molecular flexibility index (Phi) is 18.5. The van der Waals surface area contributed by atoms with Crippen molar-refractivity contribution in [3.8, 4) is 0 Å². The molecule has 1 aliphatic carbocycles. The monoisotopic (exact) mass is 714 g/mol. The van der Waals surface area contributed by atoms with Gasteiger partial charge in [0.05, 0.1) is 0 Å². The summed E-state index contributed by atoms with van der Waals surface area (Å²) in [5.41, 5.74) is 2.51. The van der Waals surface area contributed by atoms with Crippen LogP contribution in [0.1, 0.15) is 17.5 Å². The molecule has 1 aliphatic rings. The van der Waals surface area contributed by atoms with Crippen molar-refractivity contribution in [2.45, 2.75) is 6.42 Å². The van der Waals surface area contributed by atoms with Crippen LogP contribution in [0.15, 0.2) is 140 Å². The molecule has 0 radical (unpaired) electrons. The van der Waals surface area contributed by atoms with Gasteiger partial charge >= 0.3 is 25.8 Å². The summed E-state index contributed by atoms with van der Waals surface area (Å²) in [6.07, 6.45) is 12.3. The normalized spacial score (nSPS) is 11.1. The van der Waals surface area contributed by atoms with E-state index >= 15 is 0 Å². The first-order chi connectivity index (χ1) is 15.9. The summed E-state index contributed by atoms with van der Waals surface area (Å²) in [4.78, 5) is 0. The third kappa shape index (κ3) is 10.3. The molecule has 0 aromatic heterocycles. The number of rotatable bonds is 5. The van der Waals surface area contributed by atoms with E-state index in [1.54, 1.807) is 0 Å². The van der Waals surface area contributed by atoms with Gasteiger partial charge in [0.15, 0.2) is 0 Å². The van der Waals surface area contributed by atoms with Crippen LogP contribution in [0.5, 0.6) is 0 Å². The van der Waals surface area contributed by atoms with Crippen LogP contribution in [0.4, 0.5) is 0 Å². The number of halogens is 3. The summed E-state index contributed by atoms with van der Waals surface area (Å²) in [5.74, 6) is 0. The number of hydrogen-bond acceptors (Lipinski definition) is 0. The van der Waals surface area contributed by atoms with Crippen LogP contribution in [0.3, 0.4) is 0 Å². The van der Waals surface area contributed by atoms with Crippen molar-refractivity contribution in [1.29, 1.82) is 0 Å². The molecule has 0 nitrogen and oxygen atoms in total. The molecule has 36 heavy (non-hydrogen) atoms. The van der Waals surface area contributed by atoms with Crippen molar-refractivity contribution in [3.63, 3.8) is 0 Å². The summed E-state index contributed by atoms with van der Waals surface area (Å²) in [6, 6.07) is 43.1. The topological polar surface area (TPSA) is 0 Å². The van der Waals surface area contributed by atoms with Crippen LogP contribution in [-0.2, 0) is 25.8 Å². The predicted octanol–water partition coefficient (Wildman–Crippen LogP) is -1.37. The first-order valence-electron chi connectivity index (χ1n) is 10.9. The Bertz CT molecular complexity index is 1130. The fourth-order valence-corrected chi connectivity index (χ4v) is 6.00. The van der Waals surface area contributed by atoms with E-state index in [2.05, 4.69) is 140 Å². The third-order valence-corrected chi connectivity index (χ3v) is 7.53. The standard InChI is InChI=1S/C26H21P.C5H5.3ClH.Hf/c1-5-13-22(14-6-1)21-26(23-15-7-2-8-16-23)27(24-17-9-3-10-18-24)25-19-11-4-12-20-25;1-2-4-5-3-1;;;;/h1-21H;1-2,5H,3H2;3*1H;/q;-1;;;;+4/p-3. The molecule has 0 unspecified atom stereocenters. The largest absolute Gasteiger partial charge is 4.00 e. The van der Waals surface area contributed by atoms with Crippen LogP contribution < -0.4 is 47.8 Å². The molecule has 0 heterocycles. The molecular formula is C31H26Cl3HfP. The summed E-state index contributed by atoms with van der Waals surface area (Å²) in [5, 5.41) is 4.10. The average molecular weight is 714 g/mol. The number of benzene rings is 4. The van der Waals surface area contributed by atoms with Gasteiger partial charge in [-0.1, -0.05) is 121 Å². The summed E-state index contributed by atoms with van der Waals surface area (Å²) >= 11 is 0. The van der Waals surface area contributed by atoms with E-state index in [0.29, 0.717) is 0 Å². The van der Waals surface area contributed by atoms with Crippen molar-refractivity contribution in [2.75, 3.05) is 0 Å². The van der Waals surface area contributed by atoms with Gasteiger partial charge in [-0.15, -0.1) is 6.42 Å². The Morgan fingerprint density at radius 3 is 1.44 bits per heavy atom. The molecule has 5 heteroatoms. The Morgan fingerprint density at radius 2 is 1.06 bits per heavy atom. The van der Waals surface area contributed by atoms with Crippen LogP contribution in [0.2, 0.25) is 0 Å². The molecule has 5 rings (SSSR count). The Hall–Kier alpha value is -1.73. The van der Waals surface area contributed by atoms with Gasteiger partial charge in [0, 0.05) is 0 Å². The smallest absolute Gasteiger partial charge is 1.00 e. The molecular weight excluding hydrogens is 688 g/mol. The first-order valence-corrected chi connectivity index (χ1v) is 12.2. The summed E-state index contributed by atoms with van der Waals surface area (Å²) in [6.45, 7) is 0.